The van der Waals surface area contributed by atoms with E-state index in [0.29, 0.717) is 6.10 Å². The molecular formula is C18H21NO2. The van der Waals surface area contributed by atoms with Gasteiger partial charge in [0.05, 0.1) is 17.2 Å². The van der Waals surface area contributed by atoms with E-state index in [9.17, 15) is 0 Å². The molecule has 2 aliphatic rings. The number of nitrogens with one attached hydrogen (secondary N) is 1. The molecule has 0 radical (unpaired) electrons. The molecule has 2 aromatic rings. The maximum Gasteiger partial charge on any atom is 0.151 e. The Balaban J connectivity index is 1.76. The molecule has 0 amide bonds. The number of aromatic nitrogens is 1. The van der Waals surface area contributed by atoms with Crippen LogP contribution in [0.3, 0.4) is 0 Å². The number of rotatable bonds is 2. The lowest BCUT2D eigenvalue weighted by Gasteiger charge is -2.28. The predicted octanol–water partition coefficient (Wildman–Crippen LogP) is 4.07. The SMILES string of the molecule is CC1(C)C=Cc2ccc3c(CC4OC4(C)C)c[nH]c3c2O1. The normalized spacial score (nSPS) is 24.7. The second-order valence-corrected chi connectivity index (χ2v) is 7.17. The summed E-state index contributed by atoms with van der Waals surface area (Å²) in [7, 11) is 0. The molecule has 1 saturated heterocycles. The molecule has 110 valence electrons. The lowest BCUT2D eigenvalue weighted by atomic mass is 9.98. The molecule has 21 heavy (non-hydrogen) atoms. The largest absolute Gasteiger partial charge is 0.481 e. The lowest BCUT2D eigenvalue weighted by molar-refractivity contribution is 0.161. The van der Waals surface area contributed by atoms with E-state index >= 15 is 0 Å². The van der Waals surface area contributed by atoms with Crippen LogP contribution in [0, 0.1) is 0 Å². The smallest absolute Gasteiger partial charge is 0.151 e. The first kappa shape index (κ1) is 13.0. The van der Waals surface area contributed by atoms with Gasteiger partial charge in [0.2, 0.25) is 0 Å². The van der Waals surface area contributed by atoms with Crippen LogP contribution in [-0.4, -0.2) is 22.3 Å². The van der Waals surface area contributed by atoms with E-state index in [2.05, 4.69) is 63.2 Å². The third-order valence-corrected chi connectivity index (χ3v) is 4.52. The number of aromatic amines is 1. The summed E-state index contributed by atoms with van der Waals surface area (Å²) in [5.41, 5.74) is 3.31. The number of hydrogen-bond acceptors (Lipinski definition) is 2. The number of ether oxygens (including phenoxy) is 2. The van der Waals surface area contributed by atoms with Gasteiger partial charge in [0.25, 0.3) is 0 Å². The Bertz CT molecular complexity index is 752. The summed E-state index contributed by atoms with van der Waals surface area (Å²) in [5, 5.41) is 1.24. The van der Waals surface area contributed by atoms with E-state index in [1.807, 2.05) is 0 Å². The van der Waals surface area contributed by atoms with Crippen molar-refractivity contribution in [3.8, 4) is 5.75 Å². The first-order valence-electron chi connectivity index (χ1n) is 7.55. The van der Waals surface area contributed by atoms with Gasteiger partial charge in [0.15, 0.2) is 5.75 Å². The summed E-state index contributed by atoms with van der Waals surface area (Å²) in [6, 6.07) is 4.32. The second-order valence-electron chi connectivity index (χ2n) is 7.17. The van der Waals surface area contributed by atoms with Crippen molar-refractivity contribution in [2.24, 2.45) is 0 Å². The molecule has 0 aliphatic carbocycles. The van der Waals surface area contributed by atoms with E-state index in [4.69, 9.17) is 9.47 Å². The molecule has 3 heteroatoms. The quantitative estimate of drug-likeness (QED) is 0.844. The van der Waals surface area contributed by atoms with Crippen LogP contribution in [0.5, 0.6) is 5.75 Å². The van der Waals surface area contributed by atoms with Gasteiger partial charge in [0.1, 0.15) is 5.60 Å². The molecule has 0 saturated carbocycles. The maximum atomic E-state index is 6.16. The number of fused-ring (bicyclic) bond motifs is 3. The Morgan fingerprint density at radius 3 is 2.67 bits per heavy atom. The fraction of sp³-hybridized carbons (Fsp3) is 0.444. The van der Waals surface area contributed by atoms with Crippen LogP contribution in [0.15, 0.2) is 24.4 Å². The average molecular weight is 283 g/mol. The zero-order valence-electron chi connectivity index (χ0n) is 13.0. The Morgan fingerprint density at radius 2 is 1.95 bits per heavy atom. The molecule has 1 aromatic heterocycles. The highest BCUT2D eigenvalue weighted by Gasteiger charge is 2.47. The molecule has 3 heterocycles. The van der Waals surface area contributed by atoms with Gasteiger partial charge >= 0.3 is 0 Å². The first-order chi connectivity index (χ1) is 9.86. The van der Waals surface area contributed by atoms with E-state index < -0.39 is 0 Å². The molecule has 1 N–H and O–H groups in total. The molecule has 2 aliphatic heterocycles. The van der Waals surface area contributed by atoms with Crippen LogP contribution in [0.1, 0.15) is 38.8 Å². The fourth-order valence-electron chi connectivity index (χ4n) is 3.06. The minimum Gasteiger partial charge on any atom is -0.481 e. The van der Waals surface area contributed by atoms with Crippen molar-refractivity contribution in [3.63, 3.8) is 0 Å². The van der Waals surface area contributed by atoms with Crippen LogP contribution in [0.25, 0.3) is 17.0 Å². The van der Waals surface area contributed by atoms with Gasteiger partial charge in [-0.05, 0) is 39.3 Å². The Kier molecular flexibility index (Phi) is 2.42. The maximum absolute atomic E-state index is 6.16. The third-order valence-electron chi connectivity index (χ3n) is 4.52. The highest BCUT2D eigenvalue weighted by atomic mass is 16.6. The molecule has 1 unspecified atom stereocenters. The minimum atomic E-state index is -0.256. The lowest BCUT2D eigenvalue weighted by Crippen LogP contribution is -2.27. The molecule has 3 nitrogen and oxygen atoms in total. The molecular weight excluding hydrogens is 262 g/mol. The zero-order valence-corrected chi connectivity index (χ0v) is 13.0. The summed E-state index contributed by atoms with van der Waals surface area (Å²) in [4.78, 5) is 3.40. The van der Waals surface area contributed by atoms with Crippen LogP contribution in [0.2, 0.25) is 0 Å². The molecule has 0 spiro atoms. The Hall–Kier alpha value is -1.74. The van der Waals surface area contributed by atoms with E-state index in [1.54, 1.807) is 0 Å². The summed E-state index contributed by atoms with van der Waals surface area (Å²) < 4.78 is 11.9. The van der Waals surface area contributed by atoms with Gasteiger partial charge in [-0.25, -0.2) is 0 Å². The van der Waals surface area contributed by atoms with Crippen molar-refractivity contribution in [1.29, 1.82) is 0 Å². The van der Waals surface area contributed by atoms with Crippen molar-refractivity contribution < 1.29 is 9.47 Å². The van der Waals surface area contributed by atoms with Gasteiger partial charge in [-0.15, -0.1) is 0 Å². The Labute approximate surface area is 124 Å². The first-order valence-corrected chi connectivity index (χ1v) is 7.55. The highest BCUT2D eigenvalue weighted by molar-refractivity contribution is 5.92. The van der Waals surface area contributed by atoms with Crippen LogP contribution < -0.4 is 4.74 Å². The fourth-order valence-corrected chi connectivity index (χ4v) is 3.06. The van der Waals surface area contributed by atoms with E-state index in [0.717, 1.165) is 23.3 Å². The van der Waals surface area contributed by atoms with Crippen molar-refractivity contribution in [2.75, 3.05) is 0 Å². The average Bonchev–Trinajstić information content (AvgIpc) is 2.82. The Morgan fingerprint density at radius 1 is 1.19 bits per heavy atom. The van der Waals surface area contributed by atoms with Crippen LogP contribution >= 0.6 is 0 Å². The molecule has 4 rings (SSSR count). The third kappa shape index (κ3) is 2.07. The van der Waals surface area contributed by atoms with Gasteiger partial charge in [-0.2, -0.15) is 0 Å². The molecule has 0 bridgehead atoms. The molecule has 1 fully saturated rings. The topological polar surface area (TPSA) is 37.5 Å². The molecule has 1 atom stereocenters. The van der Waals surface area contributed by atoms with Crippen molar-refractivity contribution in [1.82, 2.24) is 4.98 Å². The van der Waals surface area contributed by atoms with Gasteiger partial charge in [-0.3, -0.25) is 0 Å². The summed E-state index contributed by atoms with van der Waals surface area (Å²) >= 11 is 0. The summed E-state index contributed by atoms with van der Waals surface area (Å²) in [6.45, 7) is 8.45. The standard InChI is InChI=1S/C18H21NO2/c1-17(2)8-7-11-5-6-13-12(9-14-18(3,4)20-14)10-19-15(13)16(11)21-17/h5-8,10,14,19H,9H2,1-4H3. The van der Waals surface area contributed by atoms with Gasteiger partial charge in [-0.1, -0.05) is 18.2 Å². The van der Waals surface area contributed by atoms with Gasteiger partial charge < -0.3 is 14.5 Å². The summed E-state index contributed by atoms with van der Waals surface area (Å²) in [6.07, 6.45) is 7.62. The van der Waals surface area contributed by atoms with E-state index in [-0.39, 0.29) is 11.2 Å². The minimum absolute atomic E-state index is 0.0268. The van der Waals surface area contributed by atoms with Gasteiger partial charge in [0, 0.05) is 23.6 Å². The predicted molar refractivity (Wildman–Crippen MR) is 84.7 cm³/mol. The monoisotopic (exact) mass is 283 g/mol. The number of benzene rings is 1. The number of hydrogen-bond donors (Lipinski definition) is 1. The second kappa shape index (κ2) is 3.92. The van der Waals surface area contributed by atoms with Crippen molar-refractivity contribution >= 4 is 17.0 Å². The van der Waals surface area contributed by atoms with Crippen molar-refractivity contribution in [2.45, 2.75) is 51.4 Å². The highest BCUT2D eigenvalue weighted by Crippen LogP contribution is 2.41. The number of epoxide rings is 1. The zero-order chi connectivity index (χ0) is 14.8. The summed E-state index contributed by atoms with van der Waals surface area (Å²) in [5.74, 6) is 0.960. The van der Waals surface area contributed by atoms with Crippen LogP contribution in [0.4, 0.5) is 0 Å². The van der Waals surface area contributed by atoms with E-state index in [1.165, 1.54) is 10.9 Å². The molecule has 1 aromatic carbocycles. The van der Waals surface area contributed by atoms with Crippen molar-refractivity contribution in [3.05, 3.63) is 35.5 Å². The number of H-pyrrole nitrogens is 1. The van der Waals surface area contributed by atoms with Crippen LogP contribution in [-0.2, 0) is 11.2 Å².